The van der Waals surface area contributed by atoms with Gasteiger partial charge in [-0.05, 0) is 49.9 Å². The molecule has 6 nitrogen and oxygen atoms in total. The monoisotopic (exact) mass is 428 g/mol. The number of carbonyl (C=O) groups is 2. The lowest BCUT2D eigenvalue weighted by molar-refractivity contribution is -0.119. The number of benzene rings is 1. The van der Waals surface area contributed by atoms with E-state index in [4.69, 9.17) is 0 Å². The van der Waals surface area contributed by atoms with E-state index in [1.807, 2.05) is 13.8 Å². The standard InChI is InChI=1S/C23H26F2N4O2/c1-15-11-16(2)22(26-14-15)27-7-9-28(10-8-27)23(31)21-18(24)12-17(13-19(21)25)29-6-4-3-5-20(29)30/h11-14H,3-10H2,1-2H3. The van der Waals surface area contributed by atoms with Gasteiger partial charge < -0.3 is 14.7 Å². The van der Waals surface area contributed by atoms with E-state index < -0.39 is 23.1 Å². The van der Waals surface area contributed by atoms with Crippen LogP contribution in [0, 0.1) is 25.5 Å². The lowest BCUT2D eigenvalue weighted by atomic mass is 10.1. The van der Waals surface area contributed by atoms with Crippen LogP contribution in [0.1, 0.15) is 40.7 Å². The molecule has 3 heterocycles. The average molecular weight is 428 g/mol. The lowest BCUT2D eigenvalue weighted by Gasteiger charge is -2.36. The maximum Gasteiger partial charge on any atom is 0.259 e. The molecule has 0 atom stereocenters. The number of amides is 2. The fourth-order valence-electron chi connectivity index (χ4n) is 4.32. The summed E-state index contributed by atoms with van der Waals surface area (Å²) < 4.78 is 29.6. The van der Waals surface area contributed by atoms with Gasteiger partial charge in [-0.1, -0.05) is 6.07 Å². The molecule has 0 unspecified atom stereocenters. The first-order chi connectivity index (χ1) is 14.8. The molecule has 164 valence electrons. The van der Waals surface area contributed by atoms with Crippen LogP contribution in [0.5, 0.6) is 0 Å². The van der Waals surface area contributed by atoms with E-state index in [2.05, 4.69) is 16.0 Å². The van der Waals surface area contributed by atoms with Crippen LogP contribution >= 0.6 is 0 Å². The van der Waals surface area contributed by atoms with Crippen molar-refractivity contribution >= 4 is 23.3 Å². The third kappa shape index (κ3) is 4.24. The highest BCUT2D eigenvalue weighted by atomic mass is 19.1. The summed E-state index contributed by atoms with van der Waals surface area (Å²) in [6, 6.07) is 4.24. The number of piperidine rings is 1. The molecule has 0 radical (unpaired) electrons. The SMILES string of the molecule is Cc1cnc(N2CCN(C(=O)c3c(F)cc(N4CCCCC4=O)cc3F)CC2)c(C)c1. The highest BCUT2D eigenvalue weighted by molar-refractivity contribution is 5.97. The molecular formula is C23H26F2N4O2. The molecule has 2 aliphatic rings. The minimum absolute atomic E-state index is 0.153. The highest BCUT2D eigenvalue weighted by Crippen LogP contribution is 2.27. The summed E-state index contributed by atoms with van der Waals surface area (Å²) in [5.74, 6) is -1.82. The normalized spacial score (nSPS) is 17.3. The molecule has 2 aromatic rings. The van der Waals surface area contributed by atoms with Crippen LogP contribution < -0.4 is 9.80 Å². The van der Waals surface area contributed by atoms with Gasteiger partial charge in [0.05, 0.1) is 0 Å². The second kappa shape index (κ2) is 8.61. The van der Waals surface area contributed by atoms with Gasteiger partial charge in [-0.3, -0.25) is 9.59 Å². The van der Waals surface area contributed by atoms with Crippen LogP contribution in [0.4, 0.5) is 20.3 Å². The zero-order valence-corrected chi connectivity index (χ0v) is 17.8. The predicted molar refractivity (Wildman–Crippen MR) is 114 cm³/mol. The summed E-state index contributed by atoms with van der Waals surface area (Å²) in [7, 11) is 0. The average Bonchev–Trinajstić information content (AvgIpc) is 2.73. The zero-order valence-electron chi connectivity index (χ0n) is 17.8. The van der Waals surface area contributed by atoms with Gasteiger partial charge in [0.1, 0.15) is 23.0 Å². The molecule has 31 heavy (non-hydrogen) atoms. The summed E-state index contributed by atoms with van der Waals surface area (Å²) in [4.78, 5) is 34.4. The molecule has 8 heteroatoms. The van der Waals surface area contributed by atoms with Crippen molar-refractivity contribution in [2.24, 2.45) is 0 Å². The maximum absolute atomic E-state index is 14.8. The van der Waals surface area contributed by atoms with E-state index in [1.165, 1.54) is 9.80 Å². The topological polar surface area (TPSA) is 56.8 Å². The Hall–Kier alpha value is -3.03. The Labute approximate surface area is 180 Å². The Kier molecular flexibility index (Phi) is 5.89. The molecule has 2 fully saturated rings. The number of halogens is 2. The van der Waals surface area contributed by atoms with Crippen LogP contribution in [0.15, 0.2) is 24.4 Å². The number of piperazine rings is 1. The Bertz CT molecular complexity index is 996. The van der Waals surface area contributed by atoms with Crippen molar-refractivity contribution in [3.05, 3.63) is 52.7 Å². The number of rotatable bonds is 3. The molecule has 0 saturated carbocycles. The van der Waals surface area contributed by atoms with E-state index >= 15 is 0 Å². The number of anilines is 2. The van der Waals surface area contributed by atoms with E-state index in [-0.39, 0.29) is 11.6 Å². The fraction of sp³-hybridized carbons (Fsp3) is 0.435. The number of carbonyl (C=O) groups excluding carboxylic acids is 2. The Morgan fingerprint density at radius 3 is 2.26 bits per heavy atom. The molecule has 1 aromatic carbocycles. The molecule has 0 spiro atoms. The van der Waals surface area contributed by atoms with Crippen molar-refractivity contribution in [2.75, 3.05) is 42.5 Å². The molecule has 2 amide bonds. The van der Waals surface area contributed by atoms with Crippen molar-refractivity contribution in [3.8, 4) is 0 Å². The van der Waals surface area contributed by atoms with Gasteiger partial charge in [-0.25, -0.2) is 13.8 Å². The van der Waals surface area contributed by atoms with Crippen molar-refractivity contribution in [1.82, 2.24) is 9.88 Å². The second-order valence-corrected chi connectivity index (χ2v) is 8.22. The van der Waals surface area contributed by atoms with Gasteiger partial charge in [0.2, 0.25) is 5.91 Å². The molecular weight excluding hydrogens is 402 g/mol. The predicted octanol–water partition coefficient (Wildman–Crippen LogP) is 3.46. The lowest BCUT2D eigenvalue weighted by Crippen LogP contribution is -2.49. The number of hydrogen-bond acceptors (Lipinski definition) is 4. The van der Waals surface area contributed by atoms with E-state index in [0.29, 0.717) is 39.1 Å². The van der Waals surface area contributed by atoms with Crippen LogP contribution in [-0.2, 0) is 4.79 Å². The van der Waals surface area contributed by atoms with Crippen LogP contribution in [-0.4, -0.2) is 54.4 Å². The summed E-state index contributed by atoms with van der Waals surface area (Å²) in [5.41, 5.74) is 1.74. The number of aryl methyl sites for hydroxylation is 2. The van der Waals surface area contributed by atoms with Gasteiger partial charge >= 0.3 is 0 Å². The van der Waals surface area contributed by atoms with E-state index in [0.717, 1.165) is 41.9 Å². The first-order valence-electron chi connectivity index (χ1n) is 10.6. The Morgan fingerprint density at radius 2 is 1.65 bits per heavy atom. The molecule has 4 rings (SSSR count). The quantitative estimate of drug-likeness (QED) is 0.752. The van der Waals surface area contributed by atoms with E-state index in [1.54, 1.807) is 6.20 Å². The van der Waals surface area contributed by atoms with Gasteiger partial charge in [0, 0.05) is 51.0 Å². The molecule has 2 saturated heterocycles. The van der Waals surface area contributed by atoms with Gasteiger partial charge in [-0.2, -0.15) is 0 Å². The third-order valence-electron chi connectivity index (χ3n) is 5.93. The number of aromatic nitrogens is 1. The molecule has 1 aromatic heterocycles. The van der Waals surface area contributed by atoms with Crippen LogP contribution in [0.3, 0.4) is 0 Å². The molecule has 0 aliphatic carbocycles. The maximum atomic E-state index is 14.8. The number of hydrogen-bond donors (Lipinski definition) is 0. The number of nitrogens with zero attached hydrogens (tertiary/aromatic N) is 4. The molecule has 2 aliphatic heterocycles. The number of pyridine rings is 1. The van der Waals surface area contributed by atoms with E-state index in [9.17, 15) is 18.4 Å². The highest BCUT2D eigenvalue weighted by Gasteiger charge is 2.29. The van der Waals surface area contributed by atoms with Gasteiger partial charge in [0.25, 0.3) is 5.91 Å². The molecule has 0 bridgehead atoms. The third-order valence-corrected chi connectivity index (χ3v) is 5.93. The van der Waals surface area contributed by atoms with Crippen molar-refractivity contribution in [3.63, 3.8) is 0 Å². The molecule has 0 N–H and O–H groups in total. The summed E-state index contributed by atoms with van der Waals surface area (Å²) in [5, 5.41) is 0. The van der Waals surface area contributed by atoms with Crippen LogP contribution in [0.25, 0.3) is 0 Å². The summed E-state index contributed by atoms with van der Waals surface area (Å²) in [6.07, 6.45) is 3.73. The second-order valence-electron chi connectivity index (χ2n) is 8.22. The minimum atomic E-state index is -0.933. The van der Waals surface area contributed by atoms with Gasteiger partial charge in [-0.15, -0.1) is 0 Å². The van der Waals surface area contributed by atoms with Gasteiger partial charge in [0.15, 0.2) is 0 Å². The van der Waals surface area contributed by atoms with Crippen molar-refractivity contribution < 1.29 is 18.4 Å². The van der Waals surface area contributed by atoms with Crippen molar-refractivity contribution in [1.29, 1.82) is 0 Å². The zero-order chi connectivity index (χ0) is 22.1. The summed E-state index contributed by atoms with van der Waals surface area (Å²) in [6.45, 7) is 6.16. The minimum Gasteiger partial charge on any atom is -0.353 e. The fourth-order valence-corrected chi connectivity index (χ4v) is 4.32. The smallest absolute Gasteiger partial charge is 0.259 e. The first-order valence-corrected chi connectivity index (χ1v) is 10.6. The largest absolute Gasteiger partial charge is 0.353 e. The van der Waals surface area contributed by atoms with Crippen molar-refractivity contribution in [2.45, 2.75) is 33.1 Å². The summed E-state index contributed by atoms with van der Waals surface area (Å²) >= 11 is 0. The Morgan fingerprint density at radius 1 is 0.968 bits per heavy atom. The van der Waals surface area contributed by atoms with Crippen LogP contribution in [0.2, 0.25) is 0 Å². The Balaban J connectivity index is 1.48. The first kappa shape index (κ1) is 21.2.